The minimum absolute atomic E-state index is 0.0278. The third kappa shape index (κ3) is 8.55. The van der Waals surface area contributed by atoms with Crippen molar-refractivity contribution < 1.29 is 35.5 Å². The third-order valence-electron chi connectivity index (χ3n) is 5.86. The van der Waals surface area contributed by atoms with Gasteiger partial charge in [0.05, 0.1) is 9.79 Å². The number of carbonyl (C=O) groups is 2. The van der Waals surface area contributed by atoms with Gasteiger partial charge in [-0.15, -0.1) is 0 Å². The van der Waals surface area contributed by atoms with Crippen molar-refractivity contribution in [3.05, 3.63) is 96.1 Å². The molecule has 0 radical (unpaired) electrons. The van der Waals surface area contributed by atoms with E-state index < -0.39 is 42.1 Å². The molecule has 4 aromatic rings. The highest BCUT2D eigenvalue weighted by molar-refractivity contribution is 7.86. The minimum Gasteiger partial charge on any atom is -0.744 e. The lowest BCUT2D eigenvalue weighted by atomic mass is 10.1. The maximum absolute atomic E-state index is 12.3. The Balaban J connectivity index is 1.55. The Hall–Kier alpha value is -5.42. The molecule has 0 heterocycles. The summed E-state index contributed by atoms with van der Waals surface area (Å²) in [5, 5.41) is 9.86. The number of nitrogen functional groups attached to an aromatic ring is 2. The van der Waals surface area contributed by atoms with Crippen LogP contribution in [0.4, 0.5) is 43.7 Å². The van der Waals surface area contributed by atoms with E-state index in [-0.39, 0.29) is 22.5 Å². The van der Waals surface area contributed by atoms with Crippen molar-refractivity contribution in [2.24, 2.45) is 0 Å². The Bertz CT molecular complexity index is 1820. The molecule has 44 heavy (non-hydrogen) atoms. The highest BCUT2D eigenvalue weighted by Crippen LogP contribution is 2.26. The largest absolute Gasteiger partial charge is 0.744 e. The van der Waals surface area contributed by atoms with Crippen LogP contribution in [0.25, 0.3) is 12.2 Å². The Kier molecular flexibility index (Phi) is 9.20. The molecule has 0 spiro atoms. The van der Waals surface area contributed by atoms with E-state index in [1.54, 1.807) is 48.5 Å². The first-order valence-electron chi connectivity index (χ1n) is 12.4. The normalized spacial score (nSPS) is 11.6. The predicted octanol–water partition coefficient (Wildman–Crippen LogP) is 4.12. The fraction of sp³-hybridized carbons (Fsp3) is 0. The highest BCUT2D eigenvalue weighted by Gasteiger charge is 2.13. The number of hydrogen-bond donors (Lipinski definition) is 6. The van der Waals surface area contributed by atoms with Crippen LogP contribution in [0.1, 0.15) is 11.1 Å². The van der Waals surface area contributed by atoms with E-state index in [0.717, 1.165) is 24.3 Å². The van der Waals surface area contributed by atoms with Gasteiger partial charge in [-0.2, -0.15) is 0 Å². The average molecular weight is 637 g/mol. The quantitative estimate of drug-likeness (QED) is 0.0916. The number of anilines is 6. The van der Waals surface area contributed by atoms with E-state index in [4.69, 9.17) is 11.5 Å². The number of nitrogens with one attached hydrogen (secondary N) is 4. The van der Waals surface area contributed by atoms with Crippen molar-refractivity contribution in [1.82, 2.24) is 0 Å². The fourth-order valence-electron chi connectivity index (χ4n) is 3.83. The van der Waals surface area contributed by atoms with Gasteiger partial charge < -0.3 is 41.8 Å². The summed E-state index contributed by atoms with van der Waals surface area (Å²) in [5.74, 6) is 0. The third-order valence-corrected chi connectivity index (χ3v) is 7.65. The van der Waals surface area contributed by atoms with Gasteiger partial charge in [0, 0.05) is 34.1 Å². The second-order valence-corrected chi connectivity index (χ2v) is 11.8. The molecule has 4 amide bonds. The average Bonchev–Trinajstić information content (AvgIpc) is 2.94. The fourth-order valence-corrected chi connectivity index (χ4v) is 5.22. The van der Waals surface area contributed by atoms with Crippen LogP contribution in [0.2, 0.25) is 0 Å². The van der Waals surface area contributed by atoms with Crippen molar-refractivity contribution in [3.8, 4) is 0 Å². The zero-order valence-corrected chi connectivity index (χ0v) is 24.1. The summed E-state index contributed by atoms with van der Waals surface area (Å²) in [7, 11) is -10.2. The molecule has 16 heteroatoms. The molecular weight excluding hydrogens is 612 g/mol. The molecule has 228 valence electrons. The molecular formula is C28H24N6O8S2-2. The molecule has 0 atom stereocenters. The van der Waals surface area contributed by atoms with Gasteiger partial charge in [-0.25, -0.2) is 26.4 Å². The summed E-state index contributed by atoms with van der Waals surface area (Å²) in [6, 6.07) is 17.9. The van der Waals surface area contributed by atoms with E-state index in [1.165, 1.54) is 24.3 Å². The monoisotopic (exact) mass is 636 g/mol. The molecule has 0 fully saturated rings. The zero-order valence-electron chi connectivity index (χ0n) is 22.5. The molecule has 0 bridgehead atoms. The number of nitrogens with two attached hydrogens (primary N) is 2. The van der Waals surface area contributed by atoms with E-state index in [2.05, 4.69) is 21.3 Å². The molecule has 0 unspecified atom stereocenters. The molecule has 0 aliphatic carbocycles. The summed E-state index contributed by atoms with van der Waals surface area (Å²) in [6.45, 7) is 0. The molecule has 0 saturated carbocycles. The van der Waals surface area contributed by atoms with Gasteiger partial charge in [0.15, 0.2) is 0 Å². The summed E-state index contributed by atoms with van der Waals surface area (Å²) in [4.78, 5) is 23.2. The first-order valence-corrected chi connectivity index (χ1v) is 15.2. The minimum atomic E-state index is -5.08. The Morgan fingerprint density at radius 2 is 0.818 bits per heavy atom. The van der Waals surface area contributed by atoms with Gasteiger partial charge in [0.1, 0.15) is 20.2 Å². The van der Waals surface area contributed by atoms with Gasteiger partial charge in [-0.1, -0.05) is 24.3 Å². The highest BCUT2D eigenvalue weighted by atomic mass is 32.2. The van der Waals surface area contributed by atoms with Crippen LogP contribution in [-0.4, -0.2) is 38.0 Å². The summed E-state index contributed by atoms with van der Waals surface area (Å²) >= 11 is 0. The van der Waals surface area contributed by atoms with Crippen LogP contribution < -0.4 is 32.7 Å². The number of urea groups is 2. The number of carbonyl (C=O) groups excluding carboxylic acids is 2. The van der Waals surface area contributed by atoms with Gasteiger partial charge >= 0.3 is 12.1 Å². The molecule has 14 nitrogen and oxygen atoms in total. The van der Waals surface area contributed by atoms with Crippen LogP contribution >= 0.6 is 0 Å². The first kappa shape index (κ1) is 31.5. The summed E-state index contributed by atoms with van der Waals surface area (Å²) in [6.07, 6.45) is 2.24. The topological polar surface area (TPSA) is 249 Å². The maximum atomic E-state index is 12.3. The van der Waals surface area contributed by atoms with Crippen LogP contribution in [0.15, 0.2) is 94.7 Å². The maximum Gasteiger partial charge on any atom is 0.323 e. The Labute approximate surface area is 252 Å². The van der Waals surface area contributed by atoms with Crippen LogP contribution in [0, 0.1) is 0 Å². The van der Waals surface area contributed by atoms with E-state index >= 15 is 0 Å². The van der Waals surface area contributed by atoms with Crippen molar-refractivity contribution in [3.63, 3.8) is 0 Å². The number of benzene rings is 4. The number of amides is 4. The van der Waals surface area contributed by atoms with E-state index in [1.807, 2.05) is 0 Å². The van der Waals surface area contributed by atoms with Crippen LogP contribution in [-0.2, 0) is 20.2 Å². The summed E-state index contributed by atoms with van der Waals surface area (Å²) < 4.78 is 72.1. The van der Waals surface area contributed by atoms with Gasteiger partial charge in [-0.3, -0.25) is 0 Å². The smallest absolute Gasteiger partial charge is 0.323 e. The molecule has 0 aliphatic heterocycles. The van der Waals surface area contributed by atoms with Crippen LogP contribution in [0.3, 0.4) is 0 Å². The SMILES string of the molecule is Nc1ccc(NC(=O)Nc2ccc(/C=C/c3ccc(NC(=O)Nc4ccc(N)cc4)cc3S(=O)(=O)[O-])c(S(=O)(=O)[O-])c2)cc1. The molecule has 4 aromatic carbocycles. The Morgan fingerprint density at radius 1 is 0.523 bits per heavy atom. The summed E-state index contributed by atoms with van der Waals surface area (Å²) in [5.41, 5.74) is 12.6. The van der Waals surface area contributed by atoms with Crippen molar-refractivity contribution in [2.75, 3.05) is 32.7 Å². The lowest BCUT2D eigenvalue weighted by molar-refractivity contribution is 0.261. The van der Waals surface area contributed by atoms with Gasteiger partial charge in [0.2, 0.25) is 0 Å². The second kappa shape index (κ2) is 12.8. The molecule has 0 aliphatic rings. The Morgan fingerprint density at radius 3 is 1.14 bits per heavy atom. The molecule has 8 N–H and O–H groups in total. The van der Waals surface area contributed by atoms with Crippen molar-refractivity contribution >= 4 is 78.6 Å². The van der Waals surface area contributed by atoms with Gasteiger partial charge in [0.25, 0.3) is 0 Å². The zero-order chi connectivity index (χ0) is 32.1. The first-order chi connectivity index (χ1) is 20.7. The van der Waals surface area contributed by atoms with Crippen molar-refractivity contribution in [1.29, 1.82) is 0 Å². The predicted molar refractivity (Wildman–Crippen MR) is 165 cm³/mol. The van der Waals surface area contributed by atoms with Gasteiger partial charge in [-0.05, 0) is 83.9 Å². The molecule has 0 saturated heterocycles. The van der Waals surface area contributed by atoms with E-state index in [9.17, 15) is 35.5 Å². The lowest BCUT2D eigenvalue weighted by Crippen LogP contribution is -2.19. The standard InChI is InChI=1S/C28H26N6O8S2/c29-19-5-11-21(12-6-19)31-27(35)33-23-9-3-17(25(15-23)43(37,38)39)1-2-18-4-10-24(16-26(18)44(40,41)42)34-28(36)32-22-13-7-20(30)8-14-22/h1-16H,29-30H2,(H2,31,33,35)(H2,32,34,36)(H,37,38,39)(H,40,41,42)/p-2/b2-1+. The van der Waals surface area contributed by atoms with E-state index in [0.29, 0.717) is 22.7 Å². The number of hydrogen-bond acceptors (Lipinski definition) is 10. The second-order valence-electron chi connectivity index (χ2n) is 9.15. The lowest BCUT2D eigenvalue weighted by Gasteiger charge is -2.15. The molecule has 0 aromatic heterocycles. The molecule has 4 rings (SSSR count). The van der Waals surface area contributed by atoms with Crippen LogP contribution in [0.5, 0.6) is 0 Å². The van der Waals surface area contributed by atoms with Crippen molar-refractivity contribution in [2.45, 2.75) is 9.79 Å². The number of rotatable bonds is 8.